The summed E-state index contributed by atoms with van der Waals surface area (Å²) >= 11 is 0. The summed E-state index contributed by atoms with van der Waals surface area (Å²) in [5, 5.41) is 6.74. The summed E-state index contributed by atoms with van der Waals surface area (Å²) in [5.41, 5.74) is 2.66. The number of nitrogens with one attached hydrogen (secondary N) is 1. The zero-order valence-corrected chi connectivity index (χ0v) is 11.6. The molecule has 1 N–H and O–H groups in total. The Hall–Kier alpha value is -2.43. The number of benzene rings is 1. The minimum atomic E-state index is -0.00377. The highest BCUT2D eigenvalue weighted by atomic mass is 16.1. The molecule has 1 heterocycles. The molecule has 0 bridgehead atoms. The Morgan fingerprint density at radius 3 is 2.40 bits per heavy atom. The second-order valence-electron chi connectivity index (χ2n) is 4.65. The minimum Gasteiger partial charge on any atom is -0.359 e. The molecule has 0 spiro atoms. The van der Waals surface area contributed by atoms with E-state index >= 15 is 0 Å². The van der Waals surface area contributed by atoms with Gasteiger partial charge in [0, 0.05) is 13.2 Å². The van der Waals surface area contributed by atoms with E-state index in [1.807, 2.05) is 24.3 Å². The van der Waals surface area contributed by atoms with Crippen molar-refractivity contribution >= 4 is 11.7 Å². The highest BCUT2D eigenvalue weighted by Gasteiger charge is 2.04. The summed E-state index contributed by atoms with van der Waals surface area (Å²) in [5.74, 6) is 0.00750. The lowest BCUT2D eigenvalue weighted by Gasteiger charge is -2.04. The third-order valence-corrected chi connectivity index (χ3v) is 3.05. The molecule has 104 valence electrons. The van der Waals surface area contributed by atoms with Crippen LogP contribution in [0.3, 0.4) is 0 Å². The molecule has 0 aliphatic rings. The fraction of sp³-hybridized carbons (Fsp3) is 0.267. The molecule has 0 radical (unpaired) electrons. The van der Waals surface area contributed by atoms with Crippen LogP contribution < -0.4 is 5.32 Å². The monoisotopic (exact) mass is 271 g/mol. The smallest absolute Gasteiger partial charge is 0.224 e. The number of hydrogen-bond donors (Lipinski definition) is 1. The minimum absolute atomic E-state index is 0.00377. The standard InChI is InChI=1S/C15H17N3O2/c1-11(19)14-8-17-18(10-14)9-13-5-3-12(4-6-13)7-15(20)16-2/h3-6,8,10H,7,9H2,1-2H3,(H,16,20). The van der Waals surface area contributed by atoms with Crippen LogP contribution in [0.4, 0.5) is 0 Å². The molecular weight excluding hydrogens is 254 g/mol. The van der Waals surface area contributed by atoms with Crippen LogP contribution in [-0.4, -0.2) is 28.5 Å². The van der Waals surface area contributed by atoms with E-state index in [1.165, 1.54) is 6.92 Å². The lowest BCUT2D eigenvalue weighted by atomic mass is 10.1. The van der Waals surface area contributed by atoms with Gasteiger partial charge in [-0.05, 0) is 18.1 Å². The average molecular weight is 271 g/mol. The molecule has 1 aromatic carbocycles. The summed E-state index contributed by atoms with van der Waals surface area (Å²) < 4.78 is 1.73. The van der Waals surface area contributed by atoms with Crippen LogP contribution >= 0.6 is 0 Å². The van der Waals surface area contributed by atoms with E-state index in [9.17, 15) is 9.59 Å². The van der Waals surface area contributed by atoms with Crippen molar-refractivity contribution in [2.24, 2.45) is 0 Å². The highest BCUT2D eigenvalue weighted by Crippen LogP contribution is 2.08. The molecule has 1 aromatic heterocycles. The number of nitrogens with zero attached hydrogens (tertiary/aromatic N) is 2. The van der Waals surface area contributed by atoms with E-state index in [0.29, 0.717) is 18.5 Å². The van der Waals surface area contributed by atoms with Crippen molar-refractivity contribution in [1.82, 2.24) is 15.1 Å². The van der Waals surface area contributed by atoms with Crippen molar-refractivity contribution in [2.45, 2.75) is 19.9 Å². The molecule has 0 aliphatic carbocycles. The van der Waals surface area contributed by atoms with Gasteiger partial charge < -0.3 is 5.32 Å². The van der Waals surface area contributed by atoms with E-state index in [2.05, 4.69) is 10.4 Å². The number of amides is 1. The Kier molecular flexibility index (Phi) is 4.30. The number of hydrogen-bond acceptors (Lipinski definition) is 3. The maximum atomic E-state index is 11.3. The number of ketones is 1. The number of Topliss-reactive ketones (excluding diaryl/α,β-unsaturated/α-hetero) is 1. The summed E-state index contributed by atoms with van der Waals surface area (Å²) in [6, 6.07) is 7.79. The first-order chi connectivity index (χ1) is 9.58. The van der Waals surface area contributed by atoms with Gasteiger partial charge in [-0.25, -0.2) is 0 Å². The first kappa shape index (κ1) is 14.0. The van der Waals surface area contributed by atoms with Gasteiger partial charge >= 0.3 is 0 Å². The fourth-order valence-electron chi connectivity index (χ4n) is 1.86. The van der Waals surface area contributed by atoms with Gasteiger partial charge in [-0.3, -0.25) is 14.3 Å². The number of rotatable bonds is 5. The van der Waals surface area contributed by atoms with E-state index in [-0.39, 0.29) is 11.7 Å². The molecule has 0 aliphatic heterocycles. The molecule has 0 saturated carbocycles. The van der Waals surface area contributed by atoms with Crippen LogP contribution in [0.5, 0.6) is 0 Å². The molecule has 5 heteroatoms. The van der Waals surface area contributed by atoms with Crippen LogP contribution in [0.15, 0.2) is 36.7 Å². The Morgan fingerprint density at radius 1 is 1.20 bits per heavy atom. The van der Waals surface area contributed by atoms with Gasteiger partial charge in [0.05, 0.1) is 24.7 Å². The van der Waals surface area contributed by atoms with Crippen LogP contribution in [0.1, 0.15) is 28.4 Å². The normalized spacial score (nSPS) is 10.3. The summed E-state index contributed by atoms with van der Waals surface area (Å²) in [6.45, 7) is 2.13. The first-order valence-electron chi connectivity index (χ1n) is 6.40. The number of likely N-dealkylation sites (N-methyl/N-ethyl adjacent to an activating group) is 1. The molecule has 2 rings (SSSR count). The van der Waals surface area contributed by atoms with Crippen molar-refractivity contribution in [3.05, 3.63) is 53.3 Å². The van der Waals surface area contributed by atoms with Crippen LogP contribution in [0.25, 0.3) is 0 Å². The van der Waals surface area contributed by atoms with E-state index in [0.717, 1.165) is 11.1 Å². The maximum Gasteiger partial charge on any atom is 0.224 e. The number of carbonyl (C=O) groups excluding carboxylic acids is 2. The third-order valence-electron chi connectivity index (χ3n) is 3.05. The Labute approximate surface area is 117 Å². The summed E-state index contributed by atoms with van der Waals surface area (Å²) in [7, 11) is 1.63. The van der Waals surface area contributed by atoms with Gasteiger partial charge in [-0.15, -0.1) is 0 Å². The van der Waals surface area contributed by atoms with Gasteiger partial charge in [-0.2, -0.15) is 5.10 Å². The predicted molar refractivity (Wildman–Crippen MR) is 75.5 cm³/mol. The zero-order valence-electron chi connectivity index (χ0n) is 11.6. The van der Waals surface area contributed by atoms with Crippen molar-refractivity contribution in [3.63, 3.8) is 0 Å². The summed E-state index contributed by atoms with van der Waals surface area (Å²) in [6.07, 6.45) is 3.69. The molecule has 0 fully saturated rings. The van der Waals surface area contributed by atoms with E-state index < -0.39 is 0 Å². The maximum absolute atomic E-state index is 11.3. The Morgan fingerprint density at radius 2 is 1.85 bits per heavy atom. The predicted octanol–water partition coefficient (Wildman–Crippen LogP) is 1.42. The van der Waals surface area contributed by atoms with E-state index in [1.54, 1.807) is 24.1 Å². The quantitative estimate of drug-likeness (QED) is 0.837. The molecule has 1 amide bonds. The fourth-order valence-corrected chi connectivity index (χ4v) is 1.86. The SMILES string of the molecule is CNC(=O)Cc1ccc(Cn2cc(C(C)=O)cn2)cc1. The van der Waals surface area contributed by atoms with Crippen LogP contribution in [0, 0.1) is 0 Å². The second-order valence-corrected chi connectivity index (χ2v) is 4.65. The first-order valence-corrected chi connectivity index (χ1v) is 6.40. The lowest BCUT2D eigenvalue weighted by Crippen LogP contribution is -2.19. The molecule has 5 nitrogen and oxygen atoms in total. The summed E-state index contributed by atoms with van der Waals surface area (Å²) in [4.78, 5) is 22.5. The van der Waals surface area contributed by atoms with Crippen LogP contribution in [0.2, 0.25) is 0 Å². The van der Waals surface area contributed by atoms with Gasteiger partial charge in [0.1, 0.15) is 0 Å². The molecule has 0 unspecified atom stereocenters. The number of carbonyl (C=O) groups is 2. The average Bonchev–Trinajstić information content (AvgIpc) is 2.89. The van der Waals surface area contributed by atoms with Gasteiger partial charge in [-0.1, -0.05) is 24.3 Å². The topological polar surface area (TPSA) is 64.0 Å². The third kappa shape index (κ3) is 3.54. The van der Waals surface area contributed by atoms with Gasteiger partial charge in [0.15, 0.2) is 5.78 Å². The Balaban J connectivity index is 2.02. The molecule has 2 aromatic rings. The van der Waals surface area contributed by atoms with Crippen molar-refractivity contribution in [1.29, 1.82) is 0 Å². The Bertz CT molecular complexity index is 614. The molecular formula is C15H17N3O2. The van der Waals surface area contributed by atoms with Gasteiger partial charge in [0.25, 0.3) is 0 Å². The molecule has 20 heavy (non-hydrogen) atoms. The van der Waals surface area contributed by atoms with Crippen molar-refractivity contribution in [3.8, 4) is 0 Å². The molecule has 0 saturated heterocycles. The number of aromatic nitrogens is 2. The second kappa shape index (κ2) is 6.14. The van der Waals surface area contributed by atoms with Gasteiger partial charge in [0.2, 0.25) is 5.91 Å². The van der Waals surface area contributed by atoms with E-state index in [4.69, 9.17) is 0 Å². The lowest BCUT2D eigenvalue weighted by molar-refractivity contribution is -0.119. The van der Waals surface area contributed by atoms with Crippen molar-refractivity contribution < 1.29 is 9.59 Å². The molecule has 0 atom stereocenters. The largest absolute Gasteiger partial charge is 0.359 e. The van der Waals surface area contributed by atoms with Crippen LogP contribution in [-0.2, 0) is 17.8 Å². The highest BCUT2D eigenvalue weighted by molar-refractivity contribution is 5.93. The van der Waals surface area contributed by atoms with Crippen molar-refractivity contribution in [2.75, 3.05) is 7.05 Å². The zero-order chi connectivity index (χ0) is 14.5.